The standard InChI is InChI=1S/C17H18N6/c1-2-12-5-7-13(8-6-12)22-16-15(18)17(21-11-20-16)23-14-4-3-9-19-10-14/h3-11H,2,18H2,1H3,(H2,20,21,22,23). The molecule has 1 aromatic carbocycles. The number of hydrogen-bond donors (Lipinski definition) is 3. The molecule has 116 valence electrons. The van der Waals surface area contributed by atoms with Gasteiger partial charge >= 0.3 is 0 Å². The summed E-state index contributed by atoms with van der Waals surface area (Å²) in [6, 6.07) is 11.9. The van der Waals surface area contributed by atoms with Crippen LogP contribution in [0.1, 0.15) is 12.5 Å². The van der Waals surface area contributed by atoms with E-state index in [-0.39, 0.29) is 0 Å². The highest BCUT2D eigenvalue weighted by Gasteiger charge is 2.08. The number of aryl methyl sites for hydroxylation is 1. The zero-order valence-corrected chi connectivity index (χ0v) is 12.8. The molecule has 0 atom stereocenters. The first kappa shape index (κ1) is 14.8. The molecule has 0 saturated heterocycles. The molecular weight excluding hydrogens is 288 g/mol. The van der Waals surface area contributed by atoms with E-state index >= 15 is 0 Å². The summed E-state index contributed by atoms with van der Waals surface area (Å²) >= 11 is 0. The molecule has 2 aromatic heterocycles. The summed E-state index contributed by atoms with van der Waals surface area (Å²) in [4.78, 5) is 12.5. The van der Waals surface area contributed by atoms with Gasteiger partial charge in [0.1, 0.15) is 12.0 Å². The summed E-state index contributed by atoms with van der Waals surface area (Å²) in [5.41, 5.74) is 9.65. The van der Waals surface area contributed by atoms with Gasteiger partial charge in [0.05, 0.1) is 11.9 Å². The fraction of sp³-hybridized carbons (Fsp3) is 0.118. The highest BCUT2D eigenvalue weighted by molar-refractivity contribution is 5.80. The number of nitrogens with one attached hydrogen (secondary N) is 2. The first-order chi connectivity index (χ1) is 11.3. The average Bonchev–Trinajstić information content (AvgIpc) is 2.60. The summed E-state index contributed by atoms with van der Waals surface area (Å²) in [6.07, 6.45) is 5.90. The van der Waals surface area contributed by atoms with Crippen LogP contribution in [-0.2, 0) is 6.42 Å². The summed E-state index contributed by atoms with van der Waals surface area (Å²) < 4.78 is 0. The molecule has 6 heteroatoms. The van der Waals surface area contributed by atoms with E-state index in [4.69, 9.17) is 5.73 Å². The number of hydrogen-bond acceptors (Lipinski definition) is 6. The SMILES string of the molecule is CCc1ccc(Nc2ncnc(Nc3cccnc3)c2N)cc1. The molecule has 23 heavy (non-hydrogen) atoms. The Kier molecular flexibility index (Phi) is 4.33. The quantitative estimate of drug-likeness (QED) is 0.668. The largest absolute Gasteiger partial charge is 0.393 e. The molecule has 6 nitrogen and oxygen atoms in total. The van der Waals surface area contributed by atoms with E-state index in [1.54, 1.807) is 12.4 Å². The minimum Gasteiger partial charge on any atom is -0.393 e. The van der Waals surface area contributed by atoms with Crippen molar-refractivity contribution in [3.05, 3.63) is 60.7 Å². The van der Waals surface area contributed by atoms with E-state index in [9.17, 15) is 0 Å². The minimum absolute atomic E-state index is 0.455. The van der Waals surface area contributed by atoms with Crippen molar-refractivity contribution < 1.29 is 0 Å². The van der Waals surface area contributed by atoms with Crippen molar-refractivity contribution >= 4 is 28.7 Å². The zero-order valence-electron chi connectivity index (χ0n) is 12.8. The van der Waals surface area contributed by atoms with Crippen molar-refractivity contribution in [3.8, 4) is 0 Å². The molecule has 0 saturated carbocycles. The molecule has 0 bridgehead atoms. The number of aromatic nitrogens is 3. The topological polar surface area (TPSA) is 88.8 Å². The maximum Gasteiger partial charge on any atom is 0.159 e. The fourth-order valence-corrected chi connectivity index (χ4v) is 2.13. The molecule has 4 N–H and O–H groups in total. The third-order valence-electron chi connectivity index (χ3n) is 3.43. The number of nitrogen functional groups attached to an aromatic ring is 1. The van der Waals surface area contributed by atoms with Gasteiger partial charge in [0.15, 0.2) is 11.6 Å². The average molecular weight is 306 g/mol. The lowest BCUT2D eigenvalue weighted by molar-refractivity contribution is 1.14. The number of anilines is 5. The molecule has 0 aliphatic heterocycles. The summed E-state index contributed by atoms with van der Waals surface area (Å²) in [7, 11) is 0. The van der Waals surface area contributed by atoms with E-state index in [0.29, 0.717) is 17.3 Å². The maximum absolute atomic E-state index is 6.16. The van der Waals surface area contributed by atoms with E-state index in [1.165, 1.54) is 11.9 Å². The minimum atomic E-state index is 0.455. The van der Waals surface area contributed by atoms with Crippen LogP contribution in [0.3, 0.4) is 0 Å². The van der Waals surface area contributed by atoms with Crippen molar-refractivity contribution in [2.45, 2.75) is 13.3 Å². The van der Waals surface area contributed by atoms with Crippen LogP contribution >= 0.6 is 0 Å². The third kappa shape index (κ3) is 3.55. The lowest BCUT2D eigenvalue weighted by Crippen LogP contribution is -2.05. The first-order valence-corrected chi connectivity index (χ1v) is 7.39. The highest BCUT2D eigenvalue weighted by Crippen LogP contribution is 2.27. The van der Waals surface area contributed by atoms with Crippen molar-refractivity contribution in [2.24, 2.45) is 0 Å². The molecule has 0 unspecified atom stereocenters. The summed E-state index contributed by atoms with van der Waals surface area (Å²) in [6.45, 7) is 2.13. The van der Waals surface area contributed by atoms with Gasteiger partial charge in [0.25, 0.3) is 0 Å². The van der Waals surface area contributed by atoms with E-state index < -0.39 is 0 Å². The molecule has 3 rings (SSSR count). The molecule has 0 fully saturated rings. The number of nitrogens with two attached hydrogens (primary N) is 1. The van der Waals surface area contributed by atoms with Gasteiger partial charge in [-0.25, -0.2) is 9.97 Å². The normalized spacial score (nSPS) is 10.3. The van der Waals surface area contributed by atoms with Crippen molar-refractivity contribution in [3.63, 3.8) is 0 Å². The Morgan fingerprint density at radius 2 is 1.65 bits per heavy atom. The molecule has 0 amide bonds. The lowest BCUT2D eigenvalue weighted by Gasteiger charge is -2.12. The Balaban J connectivity index is 1.81. The monoisotopic (exact) mass is 306 g/mol. The number of benzene rings is 1. The van der Waals surface area contributed by atoms with E-state index in [0.717, 1.165) is 17.8 Å². The van der Waals surface area contributed by atoms with Gasteiger partial charge in [-0.3, -0.25) is 4.98 Å². The fourth-order valence-electron chi connectivity index (χ4n) is 2.13. The Morgan fingerprint density at radius 3 is 2.26 bits per heavy atom. The Bertz CT molecular complexity index is 771. The second kappa shape index (κ2) is 6.74. The smallest absolute Gasteiger partial charge is 0.159 e. The van der Waals surface area contributed by atoms with Crippen LogP contribution in [0.25, 0.3) is 0 Å². The number of pyridine rings is 1. The predicted molar refractivity (Wildman–Crippen MR) is 93.1 cm³/mol. The van der Waals surface area contributed by atoms with Gasteiger partial charge in [-0.2, -0.15) is 0 Å². The maximum atomic E-state index is 6.16. The van der Waals surface area contributed by atoms with Crippen LogP contribution in [0.5, 0.6) is 0 Å². The Labute approximate surface area is 134 Å². The van der Waals surface area contributed by atoms with Gasteiger partial charge in [0, 0.05) is 11.9 Å². The van der Waals surface area contributed by atoms with Crippen molar-refractivity contribution in [2.75, 3.05) is 16.4 Å². The van der Waals surface area contributed by atoms with Crippen LogP contribution in [0.15, 0.2) is 55.1 Å². The molecule has 0 aliphatic rings. The third-order valence-corrected chi connectivity index (χ3v) is 3.43. The molecule has 0 spiro atoms. The summed E-state index contributed by atoms with van der Waals surface area (Å²) in [5, 5.41) is 6.36. The van der Waals surface area contributed by atoms with Gasteiger partial charge in [-0.1, -0.05) is 19.1 Å². The second-order valence-corrected chi connectivity index (χ2v) is 5.03. The first-order valence-electron chi connectivity index (χ1n) is 7.39. The van der Waals surface area contributed by atoms with Crippen LogP contribution in [0.4, 0.5) is 28.7 Å². The van der Waals surface area contributed by atoms with Crippen LogP contribution in [0.2, 0.25) is 0 Å². The van der Waals surface area contributed by atoms with Crippen molar-refractivity contribution in [1.82, 2.24) is 15.0 Å². The number of rotatable bonds is 5. The predicted octanol–water partition coefficient (Wildman–Crippen LogP) is 3.50. The van der Waals surface area contributed by atoms with Gasteiger partial charge in [-0.05, 0) is 36.2 Å². The Morgan fingerprint density at radius 1 is 0.957 bits per heavy atom. The van der Waals surface area contributed by atoms with Crippen LogP contribution in [0, 0.1) is 0 Å². The van der Waals surface area contributed by atoms with Crippen molar-refractivity contribution in [1.29, 1.82) is 0 Å². The van der Waals surface area contributed by atoms with Gasteiger partial charge in [0.2, 0.25) is 0 Å². The van der Waals surface area contributed by atoms with Crippen LogP contribution in [-0.4, -0.2) is 15.0 Å². The van der Waals surface area contributed by atoms with Gasteiger partial charge in [-0.15, -0.1) is 0 Å². The van der Waals surface area contributed by atoms with Crippen LogP contribution < -0.4 is 16.4 Å². The molecule has 3 aromatic rings. The summed E-state index contributed by atoms with van der Waals surface area (Å²) in [5.74, 6) is 1.11. The molecular formula is C17H18N6. The molecule has 2 heterocycles. The van der Waals surface area contributed by atoms with Gasteiger partial charge < -0.3 is 16.4 Å². The lowest BCUT2D eigenvalue weighted by atomic mass is 10.1. The highest BCUT2D eigenvalue weighted by atomic mass is 15.1. The Hall–Kier alpha value is -3.15. The molecule has 0 aliphatic carbocycles. The van der Waals surface area contributed by atoms with E-state index in [2.05, 4.69) is 44.6 Å². The second-order valence-electron chi connectivity index (χ2n) is 5.03. The zero-order chi connectivity index (χ0) is 16.1. The number of nitrogens with zero attached hydrogens (tertiary/aromatic N) is 3. The molecule has 0 radical (unpaired) electrons. The van der Waals surface area contributed by atoms with E-state index in [1.807, 2.05) is 24.3 Å².